The third-order valence-electron chi connectivity index (χ3n) is 8.95. The number of benzene rings is 2. The Morgan fingerprint density at radius 2 is 1.91 bits per heavy atom. The number of alkyl halides is 3. The Morgan fingerprint density at radius 3 is 2.62 bits per heavy atom. The largest absolute Gasteiger partial charge is 0.489 e. The molecule has 0 aliphatic heterocycles. The topological polar surface area (TPSA) is 61.5 Å². The molecule has 6 nitrogen and oxygen atoms in total. The average molecular weight is 642 g/mol. The smallest absolute Gasteiger partial charge is 0.416 e. The van der Waals surface area contributed by atoms with E-state index in [1.165, 1.54) is 17.7 Å². The Kier molecular flexibility index (Phi) is 9.61. The van der Waals surface area contributed by atoms with Gasteiger partial charge in [0.05, 0.1) is 30.8 Å². The molecule has 1 amide bonds. The molecule has 1 unspecified atom stereocenters. The number of nitrogens with zero attached hydrogens (tertiary/aromatic N) is 3. The molecule has 0 saturated carbocycles. The molecule has 2 heterocycles. The van der Waals surface area contributed by atoms with Crippen molar-refractivity contribution in [1.82, 2.24) is 9.78 Å². The van der Waals surface area contributed by atoms with Crippen molar-refractivity contribution in [2.75, 3.05) is 11.5 Å². The molecule has 0 saturated heterocycles. The number of nitrogens with one attached hydrogen (secondary N) is 1. The van der Waals surface area contributed by atoms with E-state index in [9.17, 15) is 18.0 Å². The Bertz CT molecular complexity index is 1750. The number of H-pyrrole nitrogens is 1. The van der Waals surface area contributed by atoms with Crippen molar-refractivity contribution >= 4 is 11.6 Å². The molecular formula is C38H40F3N4O2+. The van der Waals surface area contributed by atoms with Crippen LogP contribution in [-0.2, 0) is 30.5 Å². The lowest BCUT2D eigenvalue weighted by Crippen LogP contribution is -2.37. The summed E-state index contributed by atoms with van der Waals surface area (Å²) in [6, 6.07) is 15.1. The summed E-state index contributed by atoms with van der Waals surface area (Å²) in [6.45, 7) is 5.37. The van der Waals surface area contributed by atoms with E-state index in [2.05, 4.69) is 48.2 Å². The van der Waals surface area contributed by atoms with Gasteiger partial charge in [-0.3, -0.25) is 9.48 Å². The minimum Gasteiger partial charge on any atom is -0.489 e. The predicted octanol–water partition coefficient (Wildman–Crippen LogP) is 8.20. The fourth-order valence-electron chi connectivity index (χ4n) is 6.33. The second-order valence-corrected chi connectivity index (χ2v) is 12.7. The highest BCUT2D eigenvalue weighted by Gasteiger charge is 2.33. The number of halogens is 3. The van der Waals surface area contributed by atoms with Crippen molar-refractivity contribution < 1.29 is 27.7 Å². The number of rotatable bonds is 10. The highest BCUT2D eigenvalue weighted by atomic mass is 19.4. The van der Waals surface area contributed by atoms with Crippen LogP contribution < -0.4 is 14.6 Å². The molecule has 2 aromatic heterocycles. The van der Waals surface area contributed by atoms with E-state index in [0.717, 1.165) is 78.1 Å². The maximum Gasteiger partial charge on any atom is 0.416 e. The second kappa shape index (κ2) is 14.0. The molecule has 1 atom stereocenters. The molecule has 9 heteroatoms. The summed E-state index contributed by atoms with van der Waals surface area (Å²) in [5, 5.41) is 4.47. The molecule has 4 aromatic rings. The quantitative estimate of drug-likeness (QED) is 0.175. The third kappa shape index (κ3) is 7.67. The van der Waals surface area contributed by atoms with Gasteiger partial charge in [0.2, 0.25) is 5.91 Å². The van der Waals surface area contributed by atoms with E-state index in [-0.39, 0.29) is 11.8 Å². The van der Waals surface area contributed by atoms with Crippen LogP contribution in [0.4, 0.5) is 18.9 Å². The van der Waals surface area contributed by atoms with Crippen LogP contribution in [0.1, 0.15) is 84.9 Å². The van der Waals surface area contributed by atoms with Crippen molar-refractivity contribution in [1.29, 1.82) is 0 Å². The van der Waals surface area contributed by atoms with Gasteiger partial charge in [-0.25, -0.2) is 4.98 Å². The van der Waals surface area contributed by atoms with Gasteiger partial charge in [-0.15, -0.1) is 0 Å². The first-order chi connectivity index (χ1) is 22.7. The number of anilines is 1. The van der Waals surface area contributed by atoms with Crippen molar-refractivity contribution in [2.45, 2.75) is 77.1 Å². The van der Waals surface area contributed by atoms with Gasteiger partial charge in [-0.05, 0) is 78.6 Å². The zero-order valence-electron chi connectivity index (χ0n) is 26.8. The second-order valence-electron chi connectivity index (χ2n) is 12.7. The highest BCUT2D eigenvalue weighted by molar-refractivity contribution is 5.98. The number of amides is 1. The molecule has 2 aromatic carbocycles. The summed E-state index contributed by atoms with van der Waals surface area (Å²) >= 11 is 0. The lowest BCUT2D eigenvalue weighted by Gasteiger charge is -2.31. The molecule has 1 N–H and O–H groups in total. The average Bonchev–Trinajstić information content (AvgIpc) is 3.52. The van der Waals surface area contributed by atoms with Gasteiger partial charge < -0.3 is 9.64 Å². The first kappa shape index (κ1) is 32.3. The number of hydrogen-bond donors (Lipinski definition) is 0. The van der Waals surface area contributed by atoms with E-state index in [4.69, 9.17) is 4.74 Å². The van der Waals surface area contributed by atoms with Crippen molar-refractivity contribution in [3.05, 3.63) is 131 Å². The number of hydrogen-bond acceptors (Lipinski definition) is 3. The number of aromatic nitrogens is 3. The minimum absolute atomic E-state index is 0.00409. The molecule has 0 fully saturated rings. The SMILES string of the molecule is CC(C)c1ccc(N(Cc2cnn(Cc3ccc(C(F)(F)F)cc3)c2)C(=O)C2CCCc3c(OCC4=CC=CCC4)cccc32)c[nH+]1. The van der Waals surface area contributed by atoms with Crippen LogP contribution in [0, 0.1) is 0 Å². The van der Waals surface area contributed by atoms with Gasteiger partial charge in [-0.2, -0.15) is 18.3 Å². The minimum atomic E-state index is -4.38. The van der Waals surface area contributed by atoms with E-state index < -0.39 is 11.7 Å². The van der Waals surface area contributed by atoms with Crippen molar-refractivity contribution in [3.63, 3.8) is 0 Å². The fraction of sp³-hybridized carbons (Fsp3) is 0.342. The van der Waals surface area contributed by atoms with Crippen LogP contribution in [0.15, 0.2) is 97.0 Å². The third-order valence-corrected chi connectivity index (χ3v) is 8.95. The Balaban J connectivity index is 1.24. The lowest BCUT2D eigenvalue weighted by atomic mass is 9.81. The van der Waals surface area contributed by atoms with Crippen LogP contribution in [-0.4, -0.2) is 22.3 Å². The molecule has 47 heavy (non-hydrogen) atoms. The number of fused-ring (bicyclic) bond motifs is 1. The fourth-order valence-corrected chi connectivity index (χ4v) is 6.33. The molecule has 6 rings (SSSR count). The van der Waals surface area contributed by atoms with Crippen LogP contribution in [0.25, 0.3) is 0 Å². The molecular weight excluding hydrogens is 601 g/mol. The Labute approximate surface area is 273 Å². The van der Waals surface area contributed by atoms with Gasteiger partial charge in [0.15, 0.2) is 11.9 Å². The predicted molar refractivity (Wildman–Crippen MR) is 175 cm³/mol. The first-order valence-electron chi connectivity index (χ1n) is 16.3. The molecule has 244 valence electrons. The van der Waals surface area contributed by atoms with E-state index in [1.54, 1.807) is 10.9 Å². The number of aromatic amines is 1. The molecule has 0 spiro atoms. The molecule has 0 radical (unpaired) electrons. The van der Waals surface area contributed by atoms with E-state index >= 15 is 0 Å². The number of pyridine rings is 1. The summed E-state index contributed by atoms with van der Waals surface area (Å²) in [4.78, 5) is 19.7. The van der Waals surface area contributed by atoms with Gasteiger partial charge in [0.1, 0.15) is 18.0 Å². The van der Waals surface area contributed by atoms with Gasteiger partial charge >= 0.3 is 6.18 Å². The van der Waals surface area contributed by atoms with Crippen LogP contribution in [0.2, 0.25) is 0 Å². The summed E-state index contributed by atoms with van der Waals surface area (Å²) in [5.74, 6) is 0.831. The van der Waals surface area contributed by atoms with E-state index in [0.29, 0.717) is 31.2 Å². The summed E-state index contributed by atoms with van der Waals surface area (Å²) < 4.78 is 47.1. The summed E-state index contributed by atoms with van der Waals surface area (Å²) in [6.07, 6.45) is 11.9. The monoisotopic (exact) mass is 641 g/mol. The maximum absolute atomic E-state index is 14.5. The van der Waals surface area contributed by atoms with Crippen LogP contribution in [0.5, 0.6) is 5.75 Å². The summed E-state index contributed by atoms with van der Waals surface area (Å²) in [7, 11) is 0. The zero-order chi connectivity index (χ0) is 33.0. The first-order valence-corrected chi connectivity index (χ1v) is 16.3. The molecule has 2 aliphatic carbocycles. The lowest BCUT2D eigenvalue weighted by molar-refractivity contribution is -0.391. The van der Waals surface area contributed by atoms with Crippen LogP contribution in [0.3, 0.4) is 0 Å². The van der Waals surface area contributed by atoms with Crippen molar-refractivity contribution in [2.24, 2.45) is 0 Å². The van der Waals surface area contributed by atoms with Crippen LogP contribution >= 0.6 is 0 Å². The Hall–Kier alpha value is -4.66. The van der Waals surface area contributed by atoms with Gasteiger partial charge in [-0.1, -0.05) is 56.3 Å². The maximum atomic E-state index is 14.5. The number of carbonyl (C=O) groups excluding carboxylic acids is 1. The van der Waals surface area contributed by atoms with Crippen molar-refractivity contribution in [3.8, 4) is 5.75 Å². The molecule has 2 aliphatic rings. The van der Waals surface area contributed by atoms with Gasteiger partial charge in [0, 0.05) is 23.7 Å². The van der Waals surface area contributed by atoms with E-state index in [1.807, 2.05) is 41.6 Å². The number of carbonyl (C=O) groups is 1. The Morgan fingerprint density at radius 1 is 1.09 bits per heavy atom. The normalized spacial score (nSPS) is 16.1. The standard InChI is InChI=1S/C38H39F3N4O2/c1-26(2)35-19-18-31(21-42-35)45(24-29-20-43-44(23-29)22-27-14-16-30(17-15-27)38(39,40)41)37(46)34-12-6-11-33-32(34)10-7-13-36(33)47-25-28-8-4-3-5-9-28/h3-4,7-8,10,13-21,23,26,34H,5-6,9,11-12,22,24-25H2,1-2H3/p+1. The molecule has 0 bridgehead atoms. The summed E-state index contributed by atoms with van der Waals surface area (Å²) in [5.41, 5.74) is 6.05. The van der Waals surface area contributed by atoms with Gasteiger partial charge in [0.25, 0.3) is 0 Å². The highest BCUT2D eigenvalue weighted by Crippen LogP contribution is 2.39. The number of ether oxygens (including phenoxy) is 1. The zero-order valence-corrected chi connectivity index (χ0v) is 26.8. The number of allylic oxidation sites excluding steroid dienone is 3.